The molecule has 21 heavy (non-hydrogen) atoms. The van der Waals surface area contributed by atoms with Gasteiger partial charge in [0.15, 0.2) is 0 Å². The Balaban J connectivity index is 1.68. The minimum atomic E-state index is 0.600. The van der Waals surface area contributed by atoms with E-state index >= 15 is 0 Å². The Labute approximate surface area is 127 Å². The molecule has 0 fully saturated rings. The van der Waals surface area contributed by atoms with Crippen molar-refractivity contribution in [3.05, 3.63) is 84.3 Å². The van der Waals surface area contributed by atoms with Gasteiger partial charge in [0.05, 0.1) is 5.69 Å². The quantitative estimate of drug-likeness (QED) is 0.688. The van der Waals surface area contributed by atoms with Gasteiger partial charge in [0.25, 0.3) is 0 Å². The van der Waals surface area contributed by atoms with Gasteiger partial charge in [-0.2, -0.15) is 0 Å². The van der Waals surface area contributed by atoms with Crippen molar-refractivity contribution in [2.45, 2.75) is 0 Å². The standard InChI is InChI=1S/C18H14N2Si/c1-2-7-17(8-3-1)21-18-12-10-15(14-20-18)9-11-16-6-4-5-13-19-16/h1-14H/b11-9+. The Hall–Kier alpha value is -2.52. The summed E-state index contributed by atoms with van der Waals surface area (Å²) in [5, 5.41) is 2.41. The van der Waals surface area contributed by atoms with Crippen LogP contribution in [0.4, 0.5) is 0 Å². The van der Waals surface area contributed by atoms with E-state index in [4.69, 9.17) is 0 Å². The largest absolute Gasteiger partial charge is 0.266 e. The zero-order chi connectivity index (χ0) is 14.3. The van der Waals surface area contributed by atoms with E-state index in [2.05, 4.69) is 46.4 Å². The van der Waals surface area contributed by atoms with Crippen molar-refractivity contribution in [2.24, 2.45) is 0 Å². The molecule has 0 bridgehead atoms. The van der Waals surface area contributed by atoms with Gasteiger partial charge in [-0.15, -0.1) is 0 Å². The molecule has 0 saturated carbocycles. The summed E-state index contributed by atoms with van der Waals surface area (Å²) in [6.07, 6.45) is 7.73. The third-order valence-electron chi connectivity index (χ3n) is 2.97. The minimum absolute atomic E-state index is 0.600. The van der Waals surface area contributed by atoms with Gasteiger partial charge in [-0.05, 0) is 29.8 Å². The molecular weight excluding hydrogens is 272 g/mol. The van der Waals surface area contributed by atoms with E-state index in [0.29, 0.717) is 9.52 Å². The third kappa shape index (κ3) is 3.97. The van der Waals surface area contributed by atoms with Crippen molar-refractivity contribution in [3.63, 3.8) is 0 Å². The van der Waals surface area contributed by atoms with Crippen LogP contribution < -0.4 is 10.5 Å². The highest BCUT2D eigenvalue weighted by Crippen LogP contribution is 2.03. The fraction of sp³-hybridized carbons (Fsp3) is 0. The van der Waals surface area contributed by atoms with Gasteiger partial charge in [0.1, 0.15) is 9.52 Å². The van der Waals surface area contributed by atoms with E-state index in [1.54, 1.807) is 6.20 Å². The van der Waals surface area contributed by atoms with Gasteiger partial charge in [0.2, 0.25) is 0 Å². The molecule has 2 aromatic heterocycles. The third-order valence-corrected chi connectivity index (χ3v) is 4.14. The Morgan fingerprint density at radius 1 is 0.762 bits per heavy atom. The van der Waals surface area contributed by atoms with Crippen LogP contribution in [0, 0.1) is 0 Å². The molecule has 0 N–H and O–H groups in total. The molecule has 0 aliphatic heterocycles. The summed E-state index contributed by atoms with van der Waals surface area (Å²) in [6.45, 7) is 0. The first kappa shape index (κ1) is 13.5. The van der Waals surface area contributed by atoms with Crippen LogP contribution in [-0.4, -0.2) is 19.5 Å². The van der Waals surface area contributed by atoms with Crippen LogP contribution in [0.3, 0.4) is 0 Å². The highest BCUT2D eigenvalue weighted by Gasteiger charge is 1.98. The highest BCUT2D eigenvalue weighted by molar-refractivity contribution is 6.66. The summed E-state index contributed by atoms with van der Waals surface area (Å²) in [6, 6.07) is 20.5. The maximum atomic E-state index is 4.53. The van der Waals surface area contributed by atoms with Crippen LogP contribution in [-0.2, 0) is 0 Å². The molecular formula is C18H14N2Si. The molecule has 0 saturated heterocycles. The Kier molecular flexibility index (Phi) is 4.34. The molecule has 0 aliphatic rings. The van der Waals surface area contributed by atoms with Crippen LogP contribution in [0.25, 0.3) is 12.2 Å². The van der Waals surface area contributed by atoms with Crippen molar-refractivity contribution in [2.75, 3.05) is 0 Å². The number of pyridine rings is 2. The van der Waals surface area contributed by atoms with Crippen molar-refractivity contribution in [1.29, 1.82) is 0 Å². The topological polar surface area (TPSA) is 25.8 Å². The Morgan fingerprint density at radius 3 is 2.33 bits per heavy atom. The molecule has 3 aromatic rings. The second-order valence-electron chi connectivity index (χ2n) is 4.56. The smallest absolute Gasteiger partial charge is 0.147 e. The van der Waals surface area contributed by atoms with Gasteiger partial charge in [0, 0.05) is 17.7 Å². The van der Waals surface area contributed by atoms with Crippen molar-refractivity contribution >= 4 is 32.2 Å². The monoisotopic (exact) mass is 286 g/mol. The number of rotatable bonds is 4. The summed E-state index contributed by atoms with van der Waals surface area (Å²) in [7, 11) is 0.600. The second kappa shape index (κ2) is 6.77. The number of aromatic nitrogens is 2. The fourth-order valence-electron chi connectivity index (χ4n) is 1.90. The lowest BCUT2D eigenvalue weighted by atomic mass is 10.2. The molecule has 0 aliphatic carbocycles. The molecule has 2 nitrogen and oxygen atoms in total. The number of nitrogens with zero attached hydrogens (tertiary/aromatic N) is 2. The molecule has 0 atom stereocenters. The predicted octanol–water partition coefficient (Wildman–Crippen LogP) is 2.30. The zero-order valence-electron chi connectivity index (χ0n) is 11.5. The predicted molar refractivity (Wildman–Crippen MR) is 88.9 cm³/mol. The fourth-order valence-corrected chi connectivity index (χ4v) is 2.85. The second-order valence-corrected chi connectivity index (χ2v) is 5.90. The van der Waals surface area contributed by atoms with Crippen molar-refractivity contribution in [3.8, 4) is 0 Å². The average molecular weight is 286 g/mol. The molecule has 1 aromatic carbocycles. The maximum Gasteiger partial charge on any atom is 0.147 e. The van der Waals surface area contributed by atoms with Crippen LogP contribution in [0.15, 0.2) is 73.1 Å². The van der Waals surface area contributed by atoms with Gasteiger partial charge in [-0.25, -0.2) is 0 Å². The van der Waals surface area contributed by atoms with Crippen LogP contribution in [0.1, 0.15) is 11.3 Å². The normalized spacial score (nSPS) is 10.9. The number of hydrogen-bond acceptors (Lipinski definition) is 2. The number of hydrogen-bond donors (Lipinski definition) is 0. The maximum absolute atomic E-state index is 4.53. The zero-order valence-corrected chi connectivity index (χ0v) is 12.5. The van der Waals surface area contributed by atoms with E-state index in [-0.39, 0.29) is 0 Å². The molecule has 0 unspecified atom stereocenters. The lowest BCUT2D eigenvalue weighted by Crippen LogP contribution is -2.28. The van der Waals surface area contributed by atoms with E-state index in [9.17, 15) is 0 Å². The molecule has 2 radical (unpaired) electrons. The van der Waals surface area contributed by atoms with Crippen molar-refractivity contribution in [1.82, 2.24) is 9.97 Å². The van der Waals surface area contributed by atoms with E-state index in [0.717, 1.165) is 16.6 Å². The summed E-state index contributed by atoms with van der Waals surface area (Å²) in [4.78, 5) is 8.79. The summed E-state index contributed by atoms with van der Waals surface area (Å²) < 4.78 is 0. The van der Waals surface area contributed by atoms with Gasteiger partial charge >= 0.3 is 0 Å². The molecule has 3 rings (SSSR count). The van der Waals surface area contributed by atoms with Crippen molar-refractivity contribution < 1.29 is 0 Å². The molecule has 0 amide bonds. The Morgan fingerprint density at radius 2 is 1.62 bits per heavy atom. The van der Waals surface area contributed by atoms with Gasteiger partial charge in [-0.1, -0.05) is 53.7 Å². The lowest BCUT2D eigenvalue weighted by molar-refractivity contribution is 1.30. The minimum Gasteiger partial charge on any atom is -0.266 e. The van der Waals surface area contributed by atoms with E-state index < -0.39 is 0 Å². The van der Waals surface area contributed by atoms with Crippen LogP contribution >= 0.6 is 0 Å². The molecule has 3 heteroatoms. The summed E-state index contributed by atoms with van der Waals surface area (Å²) in [5.41, 5.74) is 2.04. The lowest BCUT2D eigenvalue weighted by Gasteiger charge is -2.00. The summed E-state index contributed by atoms with van der Waals surface area (Å²) >= 11 is 0. The first-order valence-corrected chi connectivity index (χ1v) is 7.77. The number of benzene rings is 1. The average Bonchev–Trinajstić information content (AvgIpc) is 2.56. The SMILES string of the molecule is C(=C\c1ccccn1)/c1ccc([Si]c2ccccc2)nc1. The summed E-state index contributed by atoms with van der Waals surface area (Å²) in [5.74, 6) is 0. The molecule has 2 heterocycles. The van der Waals surface area contributed by atoms with Crippen LogP contribution in [0.2, 0.25) is 0 Å². The Bertz CT molecular complexity index is 707. The van der Waals surface area contributed by atoms with Gasteiger partial charge < -0.3 is 0 Å². The molecule has 100 valence electrons. The highest BCUT2D eigenvalue weighted by atomic mass is 28.2. The van der Waals surface area contributed by atoms with Gasteiger partial charge in [-0.3, -0.25) is 9.97 Å². The van der Waals surface area contributed by atoms with E-state index in [1.165, 1.54) is 5.19 Å². The molecule has 0 spiro atoms. The van der Waals surface area contributed by atoms with Crippen LogP contribution in [0.5, 0.6) is 0 Å². The van der Waals surface area contributed by atoms with E-state index in [1.807, 2.05) is 42.6 Å². The first-order chi connectivity index (χ1) is 10.4. The first-order valence-electron chi connectivity index (χ1n) is 6.77.